The number of aryl methyl sites for hydroxylation is 1. The molecule has 7 nitrogen and oxygen atoms in total. The average Bonchev–Trinajstić information content (AvgIpc) is 3.28. The number of ketones is 1. The van der Waals surface area contributed by atoms with Crippen LogP contribution in [0, 0.1) is 19.8 Å². The van der Waals surface area contributed by atoms with Gasteiger partial charge in [-0.3, -0.25) is 4.79 Å². The summed E-state index contributed by atoms with van der Waals surface area (Å²) in [5, 5.41) is 2.92. The Balaban J connectivity index is 2.20. The number of hydrogen-bond donors (Lipinski definition) is 2. The van der Waals surface area contributed by atoms with Gasteiger partial charge in [-0.2, -0.15) is 0 Å². The second kappa shape index (κ2) is 7.51. The highest BCUT2D eigenvalue weighted by molar-refractivity contribution is 6.04. The average molecular weight is 363 g/mol. The SMILES string of the molecule is COC(=O)c1[nH]c(C)c(C(=O)CN(CC2CC2)C(=O)NC(C)(C)C)c1C. The Morgan fingerprint density at radius 1 is 1.23 bits per heavy atom. The van der Waals surface area contributed by atoms with Crippen LogP contribution >= 0.6 is 0 Å². The number of carbonyl (C=O) groups excluding carboxylic acids is 3. The number of aromatic amines is 1. The topological polar surface area (TPSA) is 91.5 Å². The third kappa shape index (κ3) is 4.86. The molecule has 1 aromatic heterocycles. The number of esters is 1. The molecule has 0 radical (unpaired) electrons. The van der Waals surface area contributed by atoms with E-state index in [1.54, 1.807) is 18.7 Å². The normalized spacial score (nSPS) is 14.1. The van der Waals surface area contributed by atoms with Gasteiger partial charge in [-0.25, -0.2) is 9.59 Å². The molecule has 2 amide bonds. The standard InChI is InChI=1S/C19H29N3O4/c1-11-15(12(2)20-16(11)17(24)26-6)14(23)10-22(9-13-7-8-13)18(25)21-19(3,4)5/h13,20H,7-10H2,1-6H3,(H,21,25). The van der Waals surface area contributed by atoms with Crippen LogP contribution in [0.25, 0.3) is 0 Å². The smallest absolute Gasteiger partial charge is 0.354 e. The minimum atomic E-state index is -0.509. The van der Waals surface area contributed by atoms with Crippen molar-refractivity contribution in [2.24, 2.45) is 5.92 Å². The Kier molecular flexibility index (Phi) is 5.78. The third-order valence-corrected chi connectivity index (χ3v) is 4.38. The van der Waals surface area contributed by atoms with Crippen LogP contribution in [0.1, 0.15) is 65.7 Å². The fraction of sp³-hybridized carbons (Fsp3) is 0.632. The highest BCUT2D eigenvalue weighted by Gasteiger charge is 2.31. The van der Waals surface area contributed by atoms with Crippen LogP contribution in [-0.4, -0.2) is 53.4 Å². The number of ether oxygens (including phenoxy) is 1. The number of aromatic nitrogens is 1. The van der Waals surface area contributed by atoms with Crippen LogP contribution < -0.4 is 5.32 Å². The summed E-state index contributed by atoms with van der Waals surface area (Å²) in [4.78, 5) is 41.8. The van der Waals surface area contributed by atoms with E-state index in [0.717, 1.165) is 12.8 Å². The van der Waals surface area contributed by atoms with E-state index in [1.165, 1.54) is 7.11 Å². The number of hydrogen-bond acceptors (Lipinski definition) is 4. The van der Waals surface area contributed by atoms with Gasteiger partial charge in [0.2, 0.25) is 0 Å². The number of nitrogens with one attached hydrogen (secondary N) is 2. The summed E-state index contributed by atoms with van der Waals surface area (Å²) in [7, 11) is 1.30. The predicted octanol–water partition coefficient (Wildman–Crippen LogP) is 2.82. The molecule has 2 rings (SSSR count). The van der Waals surface area contributed by atoms with Gasteiger partial charge in [0.15, 0.2) is 5.78 Å². The zero-order valence-electron chi connectivity index (χ0n) is 16.5. The van der Waals surface area contributed by atoms with Gasteiger partial charge in [0.1, 0.15) is 5.69 Å². The number of urea groups is 1. The molecule has 0 aromatic carbocycles. The van der Waals surface area contributed by atoms with E-state index < -0.39 is 5.97 Å². The first-order valence-electron chi connectivity index (χ1n) is 8.91. The summed E-state index contributed by atoms with van der Waals surface area (Å²) in [5.41, 5.74) is 1.52. The number of H-pyrrole nitrogens is 1. The number of methoxy groups -OCH3 is 1. The number of Topliss-reactive ketones (excluding diaryl/α,β-unsaturated/α-hetero) is 1. The number of nitrogens with zero attached hydrogens (tertiary/aromatic N) is 1. The van der Waals surface area contributed by atoms with E-state index in [9.17, 15) is 14.4 Å². The lowest BCUT2D eigenvalue weighted by Gasteiger charge is -2.28. The second-order valence-corrected chi connectivity index (χ2v) is 8.04. The van der Waals surface area contributed by atoms with Crippen LogP contribution in [-0.2, 0) is 4.74 Å². The lowest BCUT2D eigenvalue weighted by Crippen LogP contribution is -2.50. The maximum absolute atomic E-state index is 12.9. The molecule has 144 valence electrons. The molecule has 0 bridgehead atoms. The lowest BCUT2D eigenvalue weighted by molar-refractivity contribution is 0.0593. The Morgan fingerprint density at radius 3 is 2.35 bits per heavy atom. The number of carbonyl (C=O) groups is 3. The van der Waals surface area contributed by atoms with Gasteiger partial charge in [0.25, 0.3) is 0 Å². The molecule has 0 aliphatic heterocycles. The molecule has 1 aliphatic carbocycles. The van der Waals surface area contributed by atoms with E-state index >= 15 is 0 Å². The quantitative estimate of drug-likeness (QED) is 0.600. The van der Waals surface area contributed by atoms with Crippen LogP contribution in [0.2, 0.25) is 0 Å². The Morgan fingerprint density at radius 2 is 1.85 bits per heavy atom. The van der Waals surface area contributed by atoms with Crippen molar-refractivity contribution in [1.29, 1.82) is 0 Å². The molecule has 7 heteroatoms. The van der Waals surface area contributed by atoms with Crippen molar-refractivity contribution in [2.45, 2.75) is 53.0 Å². The summed E-state index contributed by atoms with van der Waals surface area (Å²) < 4.78 is 4.74. The molecule has 1 aliphatic rings. The lowest BCUT2D eigenvalue weighted by atomic mass is 10.0. The minimum Gasteiger partial charge on any atom is -0.464 e. The summed E-state index contributed by atoms with van der Waals surface area (Å²) in [6.07, 6.45) is 2.17. The maximum Gasteiger partial charge on any atom is 0.354 e. The summed E-state index contributed by atoms with van der Waals surface area (Å²) in [6, 6.07) is -0.239. The molecule has 26 heavy (non-hydrogen) atoms. The first-order valence-corrected chi connectivity index (χ1v) is 8.91. The van der Waals surface area contributed by atoms with E-state index in [2.05, 4.69) is 10.3 Å². The molecule has 0 atom stereocenters. The van der Waals surface area contributed by atoms with Crippen molar-refractivity contribution in [1.82, 2.24) is 15.2 Å². The number of rotatable bonds is 6. The fourth-order valence-corrected chi connectivity index (χ4v) is 2.96. The highest BCUT2D eigenvalue weighted by atomic mass is 16.5. The maximum atomic E-state index is 12.9. The van der Waals surface area contributed by atoms with Gasteiger partial charge in [-0.15, -0.1) is 0 Å². The molecule has 0 saturated heterocycles. The van der Waals surface area contributed by atoms with Crippen molar-refractivity contribution >= 4 is 17.8 Å². The van der Waals surface area contributed by atoms with Crippen molar-refractivity contribution in [3.05, 3.63) is 22.5 Å². The molecule has 1 saturated carbocycles. The van der Waals surface area contributed by atoms with Gasteiger partial charge in [0, 0.05) is 23.3 Å². The van der Waals surface area contributed by atoms with Gasteiger partial charge >= 0.3 is 12.0 Å². The van der Waals surface area contributed by atoms with Gasteiger partial charge < -0.3 is 19.9 Å². The minimum absolute atomic E-state index is 0.0153. The van der Waals surface area contributed by atoms with E-state index in [0.29, 0.717) is 29.3 Å². The Bertz CT molecular complexity index is 711. The van der Waals surface area contributed by atoms with Gasteiger partial charge in [-0.05, 0) is 58.9 Å². The van der Waals surface area contributed by atoms with Gasteiger partial charge in [0.05, 0.1) is 13.7 Å². The van der Waals surface area contributed by atoms with Crippen molar-refractivity contribution < 1.29 is 19.1 Å². The molecular formula is C19H29N3O4. The molecule has 0 unspecified atom stereocenters. The van der Waals surface area contributed by atoms with Crippen LogP contribution in [0.5, 0.6) is 0 Å². The molecule has 1 fully saturated rings. The predicted molar refractivity (Wildman–Crippen MR) is 98.5 cm³/mol. The fourth-order valence-electron chi connectivity index (χ4n) is 2.96. The second-order valence-electron chi connectivity index (χ2n) is 8.04. The first kappa shape index (κ1) is 20.0. The van der Waals surface area contributed by atoms with E-state index in [-0.39, 0.29) is 29.6 Å². The van der Waals surface area contributed by atoms with Crippen molar-refractivity contribution in [2.75, 3.05) is 20.2 Å². The Hall–Kier alpha value is -2.31. The van der Waals surface area contributed by atoms with Crippen LogP contribution in [0.4, 0.5) is 4.79 Å². The summed E-state index contributed by atoms with van der Waals surface area (Å²) in [6.45, 7) is 9.73. The monoisotopic (exact) mass is 363 g/mol. The summed E-state index contributed by atoms with van der Waals surface area (Å²) in [5.74, 6) is -0.228. The zero-order chi connectivity index (χ0) is 19.6. The van der Waals surface area contributed by atoms with Gasteiger partial charge in [-0.1, -0.05) is 0 Å². The molecule has 1 aromatic rings. The third-order valence-electron chi connectivity index (χ3n) is 4.38. The van der Waals surface area contributed by atoms with E-state index in [4.69, 9.17) is 4.74 Å². The molecule has 1 heterocycles. The largest absolute Gasteiger partial charge is 0.464 e. The number of amides is 2. The van der Waals surface area contributed by atoms with Crippen LogP contribution in [0.15, 0.2) is 0 Å². The molecule has 2 N–H and O–H groups in total. The zero-order valence-corrected chi connectivity index (χ0v) is 16.5. The molecule has 0 spiro atoms. The van der Waals surface area contributed by atoms with E-state index in [1.807, 2.05) is 20.8 Å². The van der Waals surface area contributed by atoms with Crippen molar-refractivity contribution in [3.63, 3.8) is 0 Å². The molecular weight excluding hydrogens is 334 g/mol. The van der Waals surface area contributed by atoms with Crippen molar-refractivity contribution in [3.8, 4) is 0 Å². The first-order chi connectivity index (χ1) is 12.0. The highest BCUT2D eigenvalue weighted by Crippen LogP contribution is 2.30. The Labute approximate surface area is 154 Å². The summed E-state index contributed by atoms with van der Waals surface area (Å²) >= 11 is 0. The van der Waals surface area contributed by atoms with Crippen LogP contribution in [0.3, 0.4) is 0 Å².